The van der Waals surface area contributed by atoms with Crippen LogP contribution in [0.5, 0.6) is 0 Å². The van der Waals surface area contributed by atoms with Gasteiger partial charge in [0.15, 0.2) is 5.92 Å². The first-order valence-corrected chi connectivity index (χ1v) is 11.6. The first kappa shape index (κ1) is 28.8. The SMILES string of the molecule is C[C@@H](COCCC(=O)N1CCN(c2ncc(C(F)(F)F)cn2)CC1)N(C)C1CNNC(=O)C1C(F)(F)F. The van der Waals surface area contributed by atoms with Crippen molar-refractivity contribution in [3.63, 3.8) is 0 Å². The predicted octanol–water partition coefficient (Wildman–Crippen LogP) is 1.05. The van der Waals surface area contributed by atoms with Crippen LogP contribution in [0.2, 0.25) is 0 Å². The summed E-state index contributed by atoms with van der Waals surface area (Å²) in [6.07, 6.45) is -7.71. The van der Waals surface area contributed by atoms with Gasteiger partial charge >= 0.3 is 12.4 Å². The molecule has 2 amide bonds. The number of nitrogens with zero attached hydrogens (tertiary/aromatic N) is 5. The molecule has 16 heteroatoms. The lowest BCUT2D eigenvalue weighted by Gasteiger charge is -2.40. The quantitative estimate of drug-likeness (QED) is 0.372. The van der Waals surface area contributed by atoms with Crippen molar-refractivity contribution in [3.05, 3.63) is 18.0 Å². The summed E-state index contributed by atoms with van der Waals surface area (Å²) < 4.78 is 83.7. The van der Waals surface area contributed by atoms with Gasteiger partial charge in [-0.15, -0.1) is 0 Å². The average molecular weight is 541 g/mol. The molecule has 2 fully saturated rings. The highest BCUT2D eigenvalue weighted by atomic mass is 19.4. The Hall–Kier alpha value is -2.72. The highest BCUT2D eigenvalue weighted by molar-refractivity contribution is 5.80. The first-order chi connectivity index (χ1) is 17.3. The molecule has 2 N–H and O–H groups in total. The lowest BCUT2D eigenvalue weighted by molar-refractivity contribution is -0.201. The number of halogens is 6. The van der Waals surface area contributed by atoms with E-state index in [1.165, 1.54) is 11.9 Å². The van der Waals surface area contributed by atoms with E-state index < -0.39 is 41.8 Å². The highest BCUT2D eigenvalue weighted by Gasteiger charge is 2.53. The highest BCUT2D eigenvalue weighted by Crippen LogP contribution is 2.33. The summed E-state index contributed by atoms with van der Waals surface area (Å²) in [4.78, 5) is 36.5. The van der Waals surface area contributed by atoms with Gasteiger partial charge in [0, 0.05) is 57.2 Å². The number of aromatic nitrogens is 2. The van der Waals surface area contributed by atoms with Crippen molar-refractivity contribution in [2.75, 3.05) is 57.9 Å². The number of carbonyl (C=O) groups is 2. The lowest BCUT2D eigenvalue weighted by Crippen LogP contribution is -2.65. The van der Waals surface area contributed by atoms with Crippen LogP contribution >= 0.6 is 0 Å². The smallest absolute Gasteiger partial charge is 0.379 e. The van der Waals surface area contributed by atoms with Gasteiger partial charge in [0.05, 0.1) is 25.2 Å². The van der Waals surface area contributed by atoms with Crippen LogP contribution in [0.3, 0.4) is 0 Å². The Morgan fingerprint density at radius 1 is 1.16 bits per heavy atom. The summed E-state index contributed by atoms with van der Waals surface area (Å²) in [6.45, 7) is 3.07. The third kappa shape index (κ3) is 7.41. The molecule has 37 heavy (non-hydrogen) atoms. The van der Waals surface area contributed by atoms with Gasteiger partial charge in [-0.25, -0.2) is 15.4 Å². The van der Waals surface area contributed by atoms with Crippen molar-refractivity contribution < 1.29 is 40.7 Å². The van der Waals surface area contributed by atoms with E-state index in [0.29, 0.717) is 26.2 Å². The molecule has 0 aromatic carbocycles. The molecule has 2 saturated heterocycles. The monoisotopic (exact) mass is 541 g/mol. The molecule has 208 valence electrons. The van der Waals surface area contributed by atoms with E-state index in [1.54, 1.807) is 16.7 Å². The van der Waals surface area contributed by atoms with Crippen LogP contribution < -0.4 is 15.8 Å². The molecular formula is C21H29F6N7O3. The third-order valence-corrected chi connectivity index (χ3v) is 6.46. The number of alkyl halides is 6. The molecule has 0 saturated carbocycles. The minimum atomic E-state index is -4.69. The van der Waals surface area contributed by atoms with Crippen LogP contribution in [0.25, 0.3) is 0 Å². The fourth-order valence-electron chi connectivity index (χ4n) is 4.16. The maximum absolute atomic E-state index is 13.4. The van der Waals surface area contributed by atoms with E-state index in [-0.39, 0.29) is 38.0 Å². The van der Waals surface area contributed by atoms with Crippen molar-refractivity contribution >= 4 is 17.8 Å². The van der Waals surface area contributed by atoms with Gasteiger partial charge in [-0.1, -0.05) is 0 Å². The molecule has 2 aliphatic rings. The normalized spacial score (nSPS) is 22.2. The number of hydrogen-bond donors (Lipinski definition) is 2. The van der Waals surface area contributed by atoms with Gasteiger partial charge in [-0.3, -0.25) is 19.9 Å². The Kier molecular flexibility index (Phi) is 9.18. The zero-order valence-corrected chi connectivity index (χ0v) is 20.3. The molecule has 0 radical (unpaired) electrons. The maximum Gasteiger partial charge on any atom is 0.419 e. The van der Waals surface area contributed by atoms with E-state index in [9.17, 15) is 35.9 Å². The number of likely N-dealkylation sites (N-methyl/N-ethyl adjacent to an activating group) is 1. The molecule has 2 unspecified atom stereocenters. The second kappa shape index (κ2) is 11.8. The Morgan fingerprint density at radius 2 is 1.78 bits per heavy atom. The summed E-state index contributed by atoms with van der Waals surface area (Å²) in [5, 5.41) is 0. The van der Waals surface area contributed by atoms with E-state index in [1.807, 2.05) is 5.43 Å². The fourth-order valence-corrected chi connectivity index (χ4v) is 4.16. The molecule has 10 nitrogen and oxygen atoms in total. The van der Waals surface area contributed by atoms with E-state index >= 15 is 0 Å². The Bertz CT molecular complexity index is 923. The number of anilines is 1. The largest absolute Gasteiger partial charge is 0.419 e. The number of carbonyl (C=O) groups excluding carboxylic acids is 2. The van der Waals surface area contributed by atoms with Crippen LogP contribution in [-0.4, -0.2) is 103 Å². The van der Waals surface area contributed by atoms with Crippen LogP contribution in [0.1, 0.15) is 18.9 Å². The maximum atomic E-state index is 13.4. The Balaban J connectivity index is 1.39. The zero-order valence-electron chi connectivity index (χ0n) is 20.3. The van der Waals surface area contributed by atoms with E-state index in [0.717, 1.165) is 12.4 Å². The van der Waals surface area contributed by atoms with Crippen molar-refractivity contribution in [2.45, 2.75) is 37.8 Å². The van der Waals surface area contributed by atoms with Gasteiger partial charge in [-0.2, -0.15) is 26.3 Å². The molecule has 3 atom stereocenters. The topological polar surface area (TPSA) is 103 Å². The molecule has 1 aromatic rings. The average Bonchev–Trinajstić information content (AvgIpc) is 2.84. The molecule has 1 aromatic heterocycles. The van der Waals surface area contributed by atoms with Crippen molar-refractivity contribution in [3.8, 4) is 0 Å². The van der Waals surface area contributed by atoms with Crippen LogP contribution in [0.4, 0.5) is 32.3 Å². The number of hydrazine groups is 1. The minimum Gasteiger partial charge on any atom is -0.379 e. The Morgan fingerprint density at radius 3 is 2.35 bits per heavy atom. The molecule has 0 spiro atoms. The summed E-state index contributed by atoms with van der Waals surface area (Å²) >= 11 is 0. The lowest BCUT2D eigenvalue weighted by atomic mass is 9.94. The summed E-state index contributed by atoms with van der Waals surface area (Å²) in [5.41, 5.74) is 3.55. The molecular weight excluding hydrogens is 512 g/mol. The standard InChI is InChI=1S/C21H29F6N7O3/c1-13(32(2)15-11-30-31-18(36)17(15)21(25,26)27)12-37-8-3-16(35)33-4-6-34(7-5-33)19-28-9-14(10-29-19)20(22,23)24/h9-10,13,15,17,30H,3-8,11-12H2,1-2H3,(H,31,36)/t13-,15?,17?/m0/s1. The fraction of sp³-hybridized carbons (Fsp3) is 0.714. The number of ether oxygens (including phenoxy) is 1. The number of amides is 2. The van der Waals surface area contributed by atoms with E-state index in [2.05, 4.69) is 15.4 Å². The summed E-state index contributed by atoms with van der Waals surface area (Å²) in [7, 11) is 1.49. The van der Waals surface area contributed by atoms with Gasteiger partial charge in [0.25, 0.3) is 0 Å². The van der Waals surface area contributed by atoms with Crippen LogP contribution in [0.15, 0.2) is 12.4 Å². The van der Waals surface area contributed by atoms with Gasteiger partial charge in [-0.05, 0) is 14.0 Å². The molecule has 3 rings (SSSR count). The molecule has 2 aliphatic heterocycles. The van der Waals surface area contributed by atoms with Gasteiger partial charge in [0.1, 0.15) is 0 Å². The van der Waals surface area contributed by atoms with Crippen molar-refractivity contribution in [1.82, 2.24) is 30.6 Å². The Labute approximate surface area is 209 Å². The molecule has 0 bridgehead atoms. The number of rotatable bonds is 8. The van der Waals surface area contributed by atoms with E-state index in [4.69, 9.17) is 4.74 Å². The van der Waals surface area contributed by atoms with Gasteiger partial charge in [0.2, 0.25) is 17.8 Å². The van der Waals surface area contributed by atoms with Gasteiger partial charge < -0.3 is 14.5 Å². The third-order valence-electron chi connectivity index (χ3n) is 6.46. The van der Waals surface area contributed by atoms with Crippen molar-refractivity contribution in [1.29, 1.82) is 0 Å². The summed E-state index contributed by atoms with van der Waals surface area (Å²) in [6, 6.07) is -1.57. The summed E-state index contributed by atoms with van der Waals surface area (Å²) in [5.74, 6) is -3.34. The van der Waals surface area contributed by atoms with Crippen LogP contribution in [-0.2, 0) is 20.5 Å². The number of nitrogens with one attached hydrogen (secondary N) is 2. The predicted molar refractivity (Wildman–Crippen MR) is 118 cm³/mol. The minimum absolute atomic E-state index is 0.0609. The zero-order chi connectivity index (χ0) is 27.4. The van der Waals surface area contributed by atoms with Crippen LogP contribution in [0, 0.1) is 5.92 Å². The first-order valence-electron chi connectivity index (χ1n) is 11.6. The number of piperazine rings is 1. The number of hydrogen-bond acceptors (Lipinski definition) is 8. The second-order valence-electron chi connectivity index (χ2n) is 8.93. The van der Waals surface area contributed by atoms with Crippen molar-refractivity contribution in [2.24, 2.45) is 5.92 Å². The molecule has 3 heterocycles. The second-order valence-corrected chi connectivity index (χ2v) is 8.93. The molecule has 0 aliphatic carbocycles.